The third kappa shape index (κ3) is 3.70. The molecule has 1 aromatic heterocycles. The van der Waals surface area contributed by atoms with Gasteiger partial charge in [-0.05, 0) is 48.2 Å². The lowest BCUT2D eigenvalue weighted by Gasteiger charge is -2.30. The molecule has 150 valence electrons. The van der Waals surface area contributed by atoms with Crippen LogP contribution in [-0.2, 0) is 17.8 Å². The zero-order valence-corrected chi connectivity index (χ0v) is 16.3. The number of nitrogens with zero attached hydrogens (tertiary/aromatic N) is 3. The number of aryl methyl sites for hydroxylation is 1. The number of thiocarbonyl (C=S) groups is 1. The van der Waals surface area contributed by atoms with Crippen LogP contribution in [-0.4, -0.2) is 39.5 Å². The summed E-state index contributed by atoms with van der Waals surface area (Å²) in [6, 6.07) is 11.0. The van der Waals surface area contributed by atoms with Crippen LogP contribution in [0.2, 0.25) is 0 Å². The molecule has 0 bridgehead atoms. The van der Waals surface area contributed by atoms with Crippen molar-refractivity contribution < 1.29 is 24.2 Å². The van der Waals surface area contributed by atoms with Gasteiger partial charge in [0, 0.05) is 0 Å². The van der Waals surface area contributed by atoms with E-state index >= 15 is 0 Å². The highest BCUT2D eigenvalue weighted by atomic mass is 32.1. The number of benzene rings is 1. The van der Waals surface area contributed by atoms with Crippen LogP contribution in [0.3, 0.4) is 0 Å². The number of hydrogen-bond donors (Lipinski definition) is 2. The number of hydrazine groups is 1. The molecule has 1 aromatic carbocycles. The summed E-state index contributed by atoms with van der Waals surface area (Å²) in [6.45, 7) is 0.595. The highest BCUT2D eigenvalue weighted by Crippen LogP contribution is 2.35. The summed E-state index contributed by atoms with van der Waals surface area (Å²) in [5.41, 5.74) is 2.92. The van der Waals surface area contributed by atoms with E-state index in [9.17, 15) is 15.2 Å². The van der Waals surface area contributed by atoms with Crippen LogP contribution in [0.4, 0.5) is 5.69 Å². The molecule has 2 aliphatic rings. The second-order valence-corrected chi connectivity index (χ2v) is 7.41. The number of anilines is 1. The molecule has 1 fully saturated rings. The summed E-state index contributed by atoms with van der Waals surface area (Å²) in [5.74, 6) is -1.33. The molecule has 2 heterocycles. The lowest BCUT2D eigenvalue weighted by atomic mass is 10.1. The molecule has 2 N–H and O–H groups in total. The fourth-order valence-corrected chi connectivity index (χ4v) is 3.95. The number of ether oxygens (including phenoxy) is 1. The summed E-state index contributed by atoms with van der Waals surface area (Å²) in [4.78, 5) is 11.4. The Morgan fingerprint density at radius 3 is 2.93 bits per heavy atom. The van der Waals surface area contributed by atoms with Gasteiger partial charge in [-0.25, -0.2) is 4.79 Å². The second-order valence-electron chi connectivity index (χ2n) is 6.99. The predicted octanol–water partition coefficient (Wildman–Crippen LogP) is 2.64. The van der Waals surface area contributed by atoms with E-state index < -0.39 is 18.0 Å². The molecule has 4 rings (SSSR count). The minimum atomic E-state index is -1.14. The molecular formula is C20H19N3O5S. The van der Waals surface area contributed by atoms with Crippen LogP contribution in [0, 0.1) is 17.2 Å². The minimum absolute atomic E-state index is 0.0772. The molecule has 2 atom stereocenters. The Balaban J connectivity index is 1.48. The highest BCUT2D eigenvalue weighted by Gasteiger charge is 2.36. The number of aliphatic hydroxyl groups is 1. The van der Waals surface area contributed by atoms with Gasteiger partial charge < -0.3 is 19.4 Å². The molecule has 1 saturated heterocycles. The molecule has 2 unspecified atom stereocenters. The number of carbonyl (C=O) groups is 1. The molecule has 0 saturated carbocycles. The van der Waals surface area contributed by atoms with Crippen LogP contribution in [0.25, 0.3) is 0 Å². The zero-order valence-electron chi connectivity index (χ0n) is 15.4. The summed E-state index contributed by atoms with van der Waals surface area (Å²) >= 11 is 5.47. The van der Waals surface area contributed by atoms with Gasteiger partial charge in [-0.3, -0.25) is 10.0 Å². The Kier molecular flexibility index (Phi) is 5.24. The summed E-state index contributed by atoms with van der Waals surface area (Å²) in [7, 11) is 0. The molecule has 1 aliphatic heterocycles. The van der Waals surface area contributed by atoms with Crippen LogP contribution in [0.15, 0.2) is 34.7 Å². The van der Waals surface area contributed by atoms with E-state index in [0.29, 0.717) is 23.7 Å². The van der Waals surface area contributed by atoms with Crippen LogP contribution in [0.5, 0.6) is 0 Å². The maximum atomic E-state index is 10.9. The van der Waals surface area contributed by atoms with Crippen molar-refractivity contribution in [2.45, 2.75) is 25.6 Å². The fourth-order valence-electron chi connectivity index (χ4n) is 3.67. The first-order valence-corrected chi connectivity index (χ1v) is 9.58. The molecule has 0 radical (unpaired) electrons. The van der Waals surface area contributed by atoms with Gasteiger partial charge in [-0.15, -0.1) is 0 Å². The van der Waals surface area contributed by atoms with Gasteiger partial charge in [-0.2, -0.15) is 5.26 Å². The molecule has 8 nitrogen and oxygen atoms in total. The number of rotatable bonds is 6. The Labute approximate surface area is 172 Å². The number of fused-ring (bicyclic) bond motifs is 1. The Hall–Kier alpha value is -2.93. The topological polar surface area (TPSA) is 110 Å². The first-order chi connectivity index (χ1) is 14.0. The lowest BCUT2D eigenvalue weighted by Crippen LogP contribution is -2.40. The van der Waals surface area contributed by atoms with Crippen molar-refractivity contribution >= 4 is 28.9 Å². The standard InChI is InChI=1S/C20H19N3O5S/c21-8-13-9-22(14-2-4-16-12(7-14)1-5-17(16)24)23(19(13)29)11-27-10-15-3-6-18(28-15)20(25)26/h2-4,6-7,13,17,24H,1,5,9-11H2,(H,25,26). The van der Waals surface area contributed by atoms with Crippen molar-refractivity contribution in [3.8, 4) is 6.07 Å². The van der Waals surface area contributed by atoms with E-state index in [1.165, 1.54) is 6.07 Å². The molecule has 1 aliphatic carbocycles. The van der Waals surface area contributed by atoms with Crippen LogP contribution >= 0.6 is 12.2 Å². The summed E-state index contributed by atoms with van der Waals surface area (Å²) < 4.78 is 10.9. The minimum Gasteiger partial charge on any atom is -0.475 e. The Morgan fingerprint density at radius 2 is 2.21 bits per heavy atom. The van der Waals surface area contributed by atoms with Crippen molar-refractivity contribution in [2.75, 3.05) is 18.3 Å². The summed E-state index contributed by atoms with van der Waals surface area (Å²) in [6.07, 6.45) is 1.10. The molecule has 9 heteroatoms. The number of nitriles is 1. The average Bonchev–Trinajstić information content (AvgIpc) is 3.41. The van der Waals surface area contributed by atoms with Crippen LogP contribution in [0.1, 0.15) is 40.0 Å². The van der Waals surface area contributed by atoms with Crippen molar-refractivity contribution in [2.24, 2.45) is 5.92 Å². The van der Waals surface area contributed by atoms with E-state index in [0.717, 1.165) is 23.2 Å². The normalized spacial score (nSPS) is 20.8. The number of aromatic carboxylic acids is 1. The maximum Gasteiger partial charge on any atom is 0.371 e. The molecule has 0 amide bonds. The molecule has 0 spiro atoms. The van der Waals surface area contributed by atoms with Crippen molar-refractivity contribution in [3.05, 3.63) is 53.0 Å². The predicted molar refractivity (Wildman–Crippen MR) is 106 cm³/mol. The van der Waals surface area contributed by atoms with E-state index in [4.69, 9.17) is 26.5 Å². The third-order valence-electron chi connectivity index (χ3n) is 5.16. The first kappa shape index (κ1) is 19.4. The van der Waals surface area contributed by atoms with Crippen molar-refractivity contribution in [3.63, 3.8) is 0 Å². The smallest absolute Gasteiger partial charge is 0.371 e. The van der Waals surface area contributed by atoms with Gasteiger partial charge in [0.25, 0.3) is 0 Å². The number of carboxylic acids is 1. The van der Waals surface area contributed by atoms with E-state index in [2.05, 4.69) is 6.07 Å². The number of aliphatic hydroxyl groups excluding tert-OH is 1. The van der Waals surface area contributed by atoms with Gasteiger partial charge in [-0.1, -0.05) is 18.3 Å². The lowest BCUT2D eigenvalue weighted by molar-refractivity contribution is 0.0428. The Bertz CT molecular complexity index is 998. The number of furan rings is 1. The quantitative estimate of drug-likeness (QED) is 0.691. The monoisotopic (exact) mass is 413 g/mol. The van der Waals surface area contributed by atoms with Gasteiger partial charge in [0.05, 0.1) is 24.4 Å². The molecular weight excluding hydrogens is 394 g/mol. The van der Waals surface area contributed by atoms with Crippen LogP contribution < -0.4 is 5.01 Å². The second kappa shape index (κ2) is 7.83. The molecule has 2 aromatic rings. The molecule has 29 heavy (non-hydrogen) atoms. The van der Waals surface area contributed by atoms with Crippen molar-refractivity contribution in [1.29, 1.82) is 5.26 Å². The van der Waals surface area contributed by atoms with E-state index in [-0.39, 0.29) is 19.1 Å². The number of hydrogen-bond acceptors (Lipinski definition) is 7. The van der Waals surface area contributed by atoms with Gasteiger partial charge in [0.15, 0.2) is 0 Å². The SMILES string of the molecule is N#CC1CN(c2ccc3c(c2)CCC3O)N(COCc2ccc(C(=O)O)o2)C1=S. The van der Waals surface area contributed by atoms with E-state index in [1.54, 1.807) is 11.1 Å². The first-order valence-electron chi connectivity index (χ1n) is 9.17. The largest absolute Gasteiger partial charge is 0.475 e. The fraction of sp³-hybridized carbons (Fsp3) is 0.350. The zero-order chi connectivity index (χ0) is 20.5. The van der Waals surface area contributed by atoms with Gasteiger partial charge in [0.2, 0.25) is 5.76 Å². The Morgan fingerprint density at radius 1 is 1.38 bits per heavy atom. The summed E-state index contributed by atoms with van der Waals surface area (Å²) in [5, 5.41) is 32.0. The average molecular weight is 413 g/mol. The van der Waals surface area contributed by atoms with Gasteiger partial charge >= 0.3 is 5.97 Å². The highest BCUT2D eigenvalue weighted by molar-refractivity contribution is 7.80. The third-order valence-corrected chi connectivity index (χ3v) is 5.65. The van der Waals surface area contributed by atoms with Gasteiger partial charge in [0.1, 0.15) is 30.0 Å². The van der Waals surface area contributed by atoms with E-state index in [1.807, 2.05) is 23.2 Å². The van der Waals surface area contributed by atoms with Crippen molar-refractivity contribution in [1.82, 2.24) is 5.01 Å². The maximum absolute atomic E-state index is 10.9. The number of carboxylic acid groups (broad SMARTS) is 1.